The minimum absolute atomic E-state index is 0.273. The maximum Gasteiger partial charge on any atom is 0.337 e. The predicted molar refractivity (Wildman–Crippen MR) is 60.2 cm³/mol. The van der Waals surface area contributed by atoms with E-state index in [4.69, 9.17) is 4.74 Å². The van der Waals surface area contributed by atoms with Gasteiger partial charge in [0.25, 0.3) is 0 Å². The fourth-order valence-corrected chi connectivity index (χ4v) is 1.37. The predicted octanol–water partition coefficient (Wildman–Crippen LogP) is 1.88. The van der Waals surface area contributed by atoms with E-state index in [9.17, 15) is 4.79 Å². The van der Waals surface area contributed by atoms with Crippen molar-refractivity contribution in [2.75, 3.05) is 20.7 Å². The summed E-state index contributed by atoms with van der Waals surface area (Å²) in [6.45, 7) is 2.72. The molecule has 1 rings (SSSR count). The summed E-state index contributed by atoms with van der Waals surface area (Å²) in [6, 6.07) is 0. The van der Waals surface area contributed by atoms with E-state index in [0.29, 0.717) is 12.1 Å². The Hall–Kier alpha value is -1.51. The van der Waals surface area contributed by atoms with E-state index >= 15 is 0 Å². The van der Waals surface area contributed by atoms with Crippen LogP contribution in [0.3, 0.4) is 0 Å². The molecular weight excluding hydrogens is 190 g/mol. The lowest BCUT2D eigenvalue weighted by molar-refractivity contribution is -0.135. The molecule has 0 aromatic heterocycles. The zero-order valence-corrected chi connectivity index (χ0v) is 9.49. The quantitative estimate of drug-likeness (QED) is 0.615. The van der Waals surface area contributed by atoms with Gasteiger partial charge in [0.05, 0.1) is 12.7 Å². The highest BCUT2D eigenvalue weighted by atomic mass is 16.5. The number of likely N-dealkylation sites (N-methyl/N-ethyl adjacent to an activating group) is 1. The summed E-state index contributed by atoms with van der Waals surface area (Å²) in [6.07, 6.45) is 8.73. The number of esters is 1. The van der Waals surface area contributed by atoms with E-state index in [0.717, 1.165) is 12.0 Å². The second-order valence-corrected chi connectivity index (χ2v) is 3.67. The normalized spacial score (nSPS) is 17.1. The number of allylic oxidation sites excluding steroid dienone is 2. The van der Waals surface area contributed by atoms with Crippen LogP contribution in [-0.4, -0.2) is 31.6 Å². The molecule has 1 heterocycles. The van der Waals surface area contributed by atoms with Crippen LogP contribution in [-0.2, 0) is 9.53 Å². The molecular formula is C12H17NO2. The molecule has 1 aliphatic rings. The zero-order valence-electron chi connectivity index (χ0n) is 9.49. The fourth-order valence-electron chi connectivity index (χ4n) is 1.37. The number of carbonyl (C=O) groups excluding carboxylic acids is 1. The summed E-state index contributed by atoms with van der Waals surface area (Å²) in [5.41, 5.74) is 1.78. The Bertz CT molecular complexity index is 327. The van der Waals surface area contributed by atoms with Crippen molar-refractivity contribution in [1.29, 1.82) is 0 Å². The Morgan fingerprint density at radius 2 is 2.27 bits per heavy atom. The van der Waals surface area contributed by atoms with Gasteiger partial charge in [-0.15, -0.1) is 0 Å². The minimum Gasteiger partial charge on any atom is -0.465 e. The van der Waals surface area contributed by atoms with Gasteiger partial charge in [0, 0.05) is 13.6 Å². The van der Waals surface area contributed by atoms with Gasteiger partial charge in [-0.3, -0.25) is 0 Å². The van der Waals surface area contributed by atoms with Gasteiger partial charge in [0.15, 0.2) is 0 Å². The molecule has 0 radical (unpaired) electrons. The van der Waals surface area contributed by atoms with E-state index in [2.05, 4.69) is 6.08 Å². The molecule has 0 aromatic carbocycles. The lowest BCUT2D eigenvalue weighted by Crippen LogP contribution is -2.12. The summed E-state index contributed by atoms with van der Waals surface area (Å²) in [7, 11) is 3.38. The molecule has 0 aromatic rings. The van der Waals surface area contributed by atoms with Gasteiger partial charge >= 0.3 is 5.97 Å². The maximum atomic E-state index is 11.4. The summed E-state index contributed by atoms with van der Waals surface area (Å²) in [4.78, 5) is 13.4. The van der Waals surface area contributed by atoms with E-state index in [1.165, 1.54) is 7.11 Å². The highest BCUT2D eigenvalue weighted by molar-refractivity contribution is 5.91. The summed E-state index contributed by atoms with van der Waals surface area (Å²) in [5, 5.41) is 0. The number of methoxy groups -OCH3 is 1. The molecule has 0 saturated heterocycles. The topological polar surface area (TPSA) is 29.5 Å². The first kappa shape index (κ1) is 11.6. The molecule has 1 aliphatic heterocycles. The first-order valence-electron chi connectivity index (χ1n) is 4.96. The minimum atomic E-state index is -0.273. The molecule has 0 fully saturated rings. The van der Waals surface area contributed by atoms with E-state index in [1.807, 2.05) is 37.2 Å². The molecule has 3 heteroatoms. The van der Waals surface area contributed by atoms with Crippen molar-refractivity contribution >= 4 is 5.97 Å². The average molecular weight is 207 g/mol. The number of hydrogen-bond acceptors (Lipinski definition) is 3. The lowest BCUT2D eigenvalue weighted by atomic mass is 10.1. The van der Waals surface area contributed by atoms with Crippen LogP contribution in [0, 0.1) is 0 Å². The molecule has 0 N–H and O–H groups in total. The van der Waals surface area contributed by atoms with Crippen LogP contribution in [0.5, 0.6) is 0 Å². The number of rotatable bonds is 1. The standard InChI is InChI=1S/C12H17NO2/c1-10-5-4-7-13(2)8-6-11(9-10)12(14)15-3/h4,6-7,9H,5,8H2,1-3H3. The fraction of sp³-hybridized carbons (Fsp3) is 0.417. The molecule has 0 unspecified atom stereocenters. The van der Waals surface area contributed by atoms with Crippen LogP contribution < -0.4 is 0 Å². The Labute approximate surface area is 90.7 Å². The van der Waals surface area contributed by atoms with Gasteiger partial charge < -0.3 is 9.64 Å². The summed E-state index contributed by atoms with van der Waals surface area (Å²) in [5.74, 6) is -0.273. The number of carbonyl (C=O) groups is 1. The third-order valence-corrected chi connectivity index (χ3v) is 2.22. The Balaban J connectivity index is 2.91. The molecule has 0 atom stereocenters. The molecule has 0 aliphatic carbocycles. The van der Waals surface area contributed by atoms with Gasteiger partial charge in [-0.25, -0.2) is 4.79 Å². The van der Waals surface area contributed by atoms with Gasteiger partial charge in [-0.2, -0.15) is 0 Å². The number of ether oxygens (including phenoxy) is 1. The van der Waals surface area contributed by atoms with Crippen molar-refractivity contribution in [2.45, 2.75) is 13.3 Å². The van der Waals surface area contributed by atoms with Crippen LogP contribution in [0.1, 0.15) is 13.3 Å². The zero-order chi connectivity index (χ0) is 11.3. The lowest BCUT2D eigenvalue weighted by Gasteiger charge is -2.10. The van der Waals surface area contributed by atoms with Crippen LogP contribution >= 0.6 is 0 Å². The molecule has 15 heavy (non-hydrogen) atoms. The van der Waals surface area contributed by atoms with Crippen LogP contribution in [0.15, 0.2) is 35.6 Å². The number of nitrogens with zero attached hydrogens (tertiary/aromatic N) is 1. The molecule has 0 spiro atoms. The van der Waals surface area contributed by atoms with Crippen LogP contribution in [0.2, 0.25) is 0 Å². The van der Waals surface area contributed by atoms with Crippen LogP contribution in [0.25, 0.3) is 0 Å². The monoisotopic (exact) mass is 207 g/mol. The molecule has 0 bridgehead atoms. The highest BCUT2D eigenvalue weighted by Crippen LogP contribution is 2.11. The van der Waals surface area contributed by atoms with Crippen LogP contribution in [0.4, 0.5) is 0 Å². The van der Waals surface area contributed by atoms with Gasteiger partial charge in [-0.05, 0) is 25.6 Å². The summed E-state index contributed by atoms with van der Waals surface area (Å²) < 4.78 is 4.72. The van der Waals surface area contributed by atoms with E-state index in [1.54, 1.807) is 0 Å². The van der Waals surface area contributed by atoms with E-state index < -0.39 is 0 Å². The first-order valence-corrected chi connectivity index (χ1v) is 4.96. The largest absolute Gasteiger partial charge is 0.465 e. The first-order chi connectivity index (χ1) is 7.13. The van der Waals surface area contributed by atoms with Gasteiger partial charge in [-0.1, -0.05) is 17.7 Å². The van der Waals surface area contributed by atoms with Crippen molar-refractivity contribution in [2.24, 2.45) is 0 Å². The average Bonchev–Trinajstić information content (AvgIpc) is 2.29. The molecule has 0 amide bonds. The van der Waals surface area contributed by atoms with Crippen molar-refractivity contribution < 1.29 is 9.53 Å². The van der Waals surface area contributed by atoms with E-state index in [-0.39, 0.29) is 5.97 Å². The highest BCUT2D eigenvalue weighted by Gasteiger charge is 2.07. The molecule has 0 saturated carbocycles. The van der Waals surface area contributed by atoms with Gasteiger partial charge in [0.2, 0.25) is 0 Å². The summed E-state index contributed by atoms with van der Waals surface area (Å²) >= 11 is 0. The maximum absolute atomic E-state index is 11.4. The smallest absolute Gasteiger partial charge is 0.337 e. The SMILES string of the molecule is COC(=O)C1=CCN(C)C=CCC(C)=C1. The molecule has 3 nitrogen and oxygen atoms in total. The molecule has 82 valence electrons. The van der Waals surface area contributed by atoms with Crippen molar-refractivity contribution in [3.63, 3.8) is 0 Å². The Kier molecular flexibility index (Phi) is 4.16. The number of hydrogen-bond donors (Lipinski definition) is 0. The Morgan fingerprint density at radius 1 is 1.53 bits per heavy atom. The van der Waals surface area contributed by atoms with Crippen molar-refractivity contribution in [3.8, 4) is 0 Å². The second-order valence-electron chi connectivity index (χ2n) is 3.67. The van der Waals surface area contributed by atoms with Crippen molar-refractivity contribution in [1.82, 2.24) is 4.90 Å². The second kappa shape index (κ2) is 5.39. The third-order valence-electron chi connectivity index (χ3n) is 2.22. The Morgan fingerprint density at radius 3 is 2.93 bits per heavy atom. The third kappa shape index (κ3) is 3.62. The van der Waals surface area contributed by atoms with Crippen molar-refractivity contribution in [3.05, 3.63) is 35.6 Å². The van der Waals surface area contributed by atoms with Gasteiger partial charge in [0.1, 0.15) is 0 Å².